The zero-order valence-electron chi connectivity index (χ0n) is 35.6. The van der Waals surface area contributed by atoms with Crippen LogP contribution in [-0.4, -0.2) is 28.9 Å². The maximum atomic E-state index is 9.06. The predicted octanol–water partition coefficient (Wildman–Crippen LogP) is 11.3. The van der Waals surface area contributed by atoms with Gasteiger partial charge in [0.2, 0.25) is 6.41 Å². The van der Waals surface area contributed by atoms with Gasteiger partial charge in [-0.25, -0.2) is 9.97 Å². The normalized spacial score (nSPS) is 10.8. The summed E-state index contributed by atoms with van der Waals surface area (Å²) in [6.45, 7) is 10.1. The molecule has 7 aromatic rings. The lowest BCUT2D eigenvalue weighted by atomic mass is 10.1. The van der Waals surface area contributed by atoms with Gasteiger partial charge < -0.3 is 27.8 Å². The number of hydrogen-bond donors (Lipinski definition) is 5. The lowest BCUT2D eigenvalue weighted by molar-refractivity contribution is -0.109. The first-order valence-corrected chi connectivity index (χ1v) is 20.8. The Morgan fingerprint density at radius 1 is 0.559 bits per heavy atom. The number of carbonyl (C=O) groups excluding carboxylic acids is 1. The van der Waals surface area contributed by atoms with Gasteiger partial charge in [-0.3, -0.25) is 4.79 Å². The third kappa shape index (κ3) is 18.2. The van der Waals surface area contributed by atoms with E-state index in [1.807, 2.05) is 94.4 Å². The Morgan fingerprint density at radius 2 is 0.966 bits per heavy atom. The Morgan fingerprint density at radius 3 is 1.36 bits per heavy atom. The summed E-state index contributed by atoms with van der Waals surface area (Å²) < 4.78 is 0. The fourth-order valence-corrected chi connectivity index (χ4v) is 6.16. The van der Waals surface area contributed by atoms with E-state index in [4.69, 9.17) is 34.2 Å². The molecule has 1 amide bonds. The molecule has 0 atom stereocenters. The number of anilines is 4. The van der Waals surface area contributed by atoms with E-state index in [-0.39, 0.29) is 0 Å². The molecule has 8 nitrogen and oxygen atoms in total. The van der Waals surface area contributed by atoms with Gasteiger partial charge in [0.25, 0.3) is 0 Å². The molecule has 9 rings (SSSR count). The van der Waals surface area contributed by atoms with Crippen LogP contribution in [-0.2, 0) is 30.5 Å². The highest BCUT2D eigenvalue weighted by atomic mass is 32.1. The molecule has 2 heterocycles. The van der Waals surface area contributed by atoms with Crippen LogP contribution in [0.2, 0.25) is 0 Å². The maximum absolute atomic E-state index is 9.06. The number of rotatable bonds is 3. The van der Waals surface area contributed by atoms with Gasteiger partial charge >= 0.3 is 0 Å². The van der Waals surface area contributed by atoms with Crippen molar-refractivity contribution in [3.05, 3.63) is 167 Å². The van der Waals surface area contributed by atoms with Crippen molar-refractivity contribution in [2.45, 2.75) is 73.1 Å². The topological polar surface area (TPSA) is 145 Å². The Hall–Kier alpha value is -6.32. The number of benzene rings is 5. The molecule has 0 radical (unpaired) electrons. The lowest BCUT2D eigenvalue weighted by Gasteiger charge is -2.02. The number of nitrogen functional groups attached to an aromatic ring is 3. The Kier molecular flexibility index (Phi) is 24.0. The molecule has 0 bridgehead atoms. The van der Waals surface area contributed by atoms with E-state index in [1.54, 1.807) is 41.4 Å². The average molecular weight is 810 g/mol. The summed E-state index contributed by atoms with van der Waals surface area (Å²) in [5, 5.41) is 7.26. The van der Waals surface area contributed by atoms with Gasteiger partial charge in [-0.15, -0.1) is 0 Å². The quantitative estimate of drug-likeness (QED) is 0.0674. The fourth-order valence-electron chi connectivity index (χ4n) is 6.02. The Labute approximate surface area is 357 Å². The molecule has 2 aliphatic carbocycles. The third-order valence-electron chi connectivity index (χ3n) is 8.75. The molecular formula is C50H63N7OS. The number of nitrogens with zero attached hydrogens (tertiary/aromatic N) is 2. The van der Waals surface area contributed by atoms with Gasteiger partial charge in [-0.1, -0.05) is 124 Å². The number of carbonyl (C=O) groups is 1. The maximum Gasteiger partial charge on any atom is 0.206 e. The number of amides is 1. The van der Waals surface area contributed by atoms with E-state index in [0.29, 0.717) is 18.0 Å². The third-order valence-corrected chi connectivity index (χ3v) is 8.87. The molecule has 5 aromatic carbocycles. The minimum absolute atomic E-state index is 0.535. The van der Waals surface area contributed by atoms with Gasteiger partial charge in [0, 0.05) is 29.2 Å². The summed E-state index contributed by atoms with van der Waals surface area (Å²) in [7, 11) is 1.56. The molecule has 9 heteroatoms. The van der Waals surface area contributed by atoms with E-state index >= 15 is 0 Å². The van der Waals surface area contributed by atoms with Crippen molar-refractivity contribution in [1.29, 1.82) is 0 Å². The first-order valence-electron chi connectivity index (χ1n) is 20.3. The molecule has 0 saturated heterocycles. The second-order valence-corrected chi connectivity index (χ2v) is 13.1. The van der Waals surface area contributed by atoms with Crippen molar-refractivity contribution in [3.63, 3.8) is 0 Å². The number of thiocarbonyl (C=S) groups is 1. The van der Waals surface area contributed by atoms with Crippen molar-refractivity contribution in [2.24, 2.45) is 0 Å². The number of nitrogens with two attached hydrogens (primary N) is 3. The van der Waals surface area contributed by atoms with Crippen molar-refractivity contribution in [1.82, 2.24) is 15.3 Å². The van der Waals surface area contributed by atoms with Gasteiger partial charge in [0.1, 0.15) is 11.6 Å². The van der Waals surface area contributed by atoms with Gasteiger partial charge in [-0.05, 0) is 128 Å². The van der Waals surface area contributed by atoms with Crippen LogP contribution in [0, 0.1) is 6.92 Å². The highest BCUT2D eigenvalue weighted by molar-refractivity contribution is 7.79. The molecular weight excluding hydrogens is 747 g/mol. The summed E-state index contributed by atoms with van der Waals surface area (Å²) in [5.41, 5.74) is 29.2. The van der Waals surface area contributed by atoms with Crippen LogP contribution in [0.15, 0.2) is 140 Å². The SMILES string of the molecule is CC.CC.CNC=O.Cc1ccccc1.Nc1ccc2cc(NC=S)ccc2n1.Nc1ccc2nc(N)ccc2c1.c1ccc2c(c1)CCC2.c1ccc2c(c1)CCC2. The molecule has 8 N–H and O–H groups in total. The summed E-state index contributed by atoms with van der Waals surface area (Å²) in [4.78, 5) is 17.4. The van der Waals surface area contributed by atoms with Crippen molar-refractivity contribution >= 4 is 68.9 Å². The summed E-state index contributed by atoms with van der Waals surface area (Å²) in [6, 6.07) is 46.5. The second kappa shape index (κ2) is 29.0. The summed E-state index contributed by atoms with van der Waals surface area (Å²) in [5.74, 6) is 1.07. The minimum atomic E-state index is 0.535. The van der Waals surface area contributed by atoms with Crippen LogP contribution in [0.3, 0.4) is 0 Å². The average Bonchev–Trinajstić information content (AvgIpc) is 3.97. The molecule has 310 valence electrons. The number of nitrogens with one attached hydrogen (secondary N) is 2. The predicted molar refractivity (Wildman–Crippen MR) is 260 cm³/mol. The smallest absolute Gasteiger partial charge is 0.206 e. The second-order valence-electron chi connectivity index (χ2n) is 12.9. The number of aromatic nitrogens is 2. The first-order chi connectivity index (χ1) is 28.8. The molecule has 0 saturated carbocycles. The van der Waals surface area contributed by atoms with Crippen LogP contribution in [0.4, 0.5) is 23.0 Å². The van der Waals surface area contributed by atoms with Crippen molar-refractivity contribution in [3.8, 4) is 0 Å². The number of hydrogen-bond acceptors (Lipinski definition) is 7. The molecule has 0 aliphatic heterocycles. The summed E-state index contributed by atoms with van der Waals surface area (Å²) in [6.07, 6.45) is 8.55. The monoisotopic (exact) mass is 809 g/mol. The molecule has 0 fully saturated rings. The largest absolute Gasteiger partial charge is 0.399 e. The highest BCUT2D eigenvalue weighted by Crippen LogP contribution is 2.22. The van der Waals surface area contributed by atoms with Gasteiger partial charge in [0.05, 0.1) is 16.5 Å². The Bertz CT molecular complexity index is 2110. The van der Waals surface area contributed by atoms with Crippen molar-refractivity contribution < 1.29 is 4.79 Å². The standard InChI is InChI=1S/C10H9N3S.C9H9N3.2C9H10.C7H8.C2H5NO.2C2H6/c11-10-4-1-7-5-8(12-6-14)2-3-9(7)13-10;10-7-2-3-8-6(5-7)1-4-9(11)12-8;2*1-2-5-9-7-3-6-8(9)4-1;1-7-5-3-2-4-6-7;1-3-2-4;2*1-2/h1-6H,(H2,11,13)(H,12,14);1-5H,10H2,(H2,11,12);2*1-2,4-5H,3,6-7H2;2-6H,1H3;2H,1H3,(H,3,4);2*1-2H3. The van der Waals surface area contributed by atoms with Gasteiger partial charge in [-0.2, -0.15) is 0 Å². The molecule has 0 spiro atoms. The van der Waals surface area contributed by atoms with E-state index in [2.05, 4.69) is 88.2 Å². The zero-order valence-corrected chi connectivity index (χ0v) is 36.4. The van der Waals surface area contributed by atoms with Crippen LogP contribution < -0.4 is 27.8 Å². The molecule has 0 unspecified atom stereocenters. The molecule has 2 aliphatic rings. The van der Waals surface area contributed by atoms with Crippen LogP contribution >= 0.6 is 12.2 Å². The van der Waals surface area contributed by atoms with E-state index < -0.39 is 0 Å². The van der Waals surface area contributed by atoms with Crippen molar-refractivity contribution in [2.75, 3.05) is 29.6 Å². The molecule has 2 aromatic heterocycles. The van der Waals surface area contributed by atoms with E-state index in [1.165, 1.54) is 49.6 Å². The highest BCUT2D eigenvalue weighted by Gasteiger charge is 2.08. The molecule has 59 heavy (non-hydrogen) atoms. The number of fused-ring (bicyclic) bond motifs is 4. The Balaban J connectivity index is 0.000000247. The van der Waals surface area contributed by atoms with Crippen LogP contribution in [0.25, 0.3) is 21.8 Å². The van der Waals surface area contributed by atoms with E-state index in [9.17, 15) is 0 Å². The number of pyridine rings is 2. The number of aryl methyl sites for hydroxylation is 5. The van der Waals surface area contributed by atoms with Crippen LogP contribution in [0.5, 0.6) is 0 Å². The summed E-state index contributed by atoms with van der Waals surface area (Å²) >= 11 is 4.71. The first kappa shape index (κ1) is 48.8. The lowest BCUT2D eigenvalue weighted by Crippen LogP contribution is -1.98. The minimum Gasteiger partial charge on any atom is -0.399 e. The fraction of sp³-hybridized carbons (Fsp3) is 0.240. The van der Waals surface area contributed by atoms with E-state index in [0.717, 1.165) is 33.2 Å². The zero-order chi connectivity index (χ0) is 43.3. The van der Waals surface area contributed by atoms with Gasteiger partial charge in [0.15, 0.2) is 0 Å². The van der Waals surface area contributed by atoms with Crippen LogP contribution in [0.1, 0.15) is 68.4 Å².